The second-order valence-corrected chi connectivity index (χ2v) is 11.8. The summed E-state index contributed by atoms with van der Waals surface area (Å²) in [6.45, 7) is 2.19. The van der Waals surface area contributed by atoms with E-state index in [9.17, 15) is 9.59 Å². The van der Waals surface area contributed by atoms with Gasteiger partial charge in [-0.15, -0.1) is 0 Å². The van der Waals surface area contributed by atoms with Gasteiger partial charge in [0.25, 0.3) is 11.5 Å². The maximum absolute atomic E-state index is 13.9. The Balaban J connectivity index is 1.34. The first-order valence-electron chi connectivity index (χ1n) is 13.5. The molecule has 6 rings (SSSR count). The summed E-state index contributed by atoms with van der Waals surface area (Å²) >= 11 is 13.5. The predicted molar refractivity (Wildman–Crippen MR) is 173 cm³/mol. The van der Waals surface area contributed by atoms with Crippen molar-refractivity contribution in [1.82, 2.24) is 4.57 Å². The van der Waals surface area contributed by atoms with Gasteiger partial charge in [0, 0.05) is 15.7 Å². The summed E-state index contributed by atoms with van der Waals surface area (Å²) in [6, 6.07) is 30.7. The van der Waals surface area contributed by atoms with Crippen LogP contribution in [0.4, 0.5) is 5.69 Å². The van der Waals surface area contributed by atoms with Crippen molar-refractivity contribution >= 4 is 52.2 Å². The van der Waals surface area contributed by atoms with E-state index in [1.165, 1.54) is 11.3 Å². The summed E-state index contributed by atoms with van der Waals surface area (Å²) < 4.78 is 7.99. The Morgan fingerprint density at radius 3 is 2.42 bits per heavy atom. The van der Waals surface area contributed by atoms with E-state index in [0.29, 0.717) is 48.7 Å². The van der Waals surface area contributed by atoms with Gasteiger partial charge in [0.15, 0.2) is 4.80 Å². The molecule has 1 aliphatic heterocycles. The third-order valence-electron chi connectivity index (χ3n) is 6.96. The third-order valence-corrected chi connectivity index (χ3v) is 8.43. The molecule has 0 unspecified atom stereocenters. The Bertz CT molecular complexity index is 2020. The molecule has 1 aliphatic rings. The van der Waals surface area contributed by atoms with Crippen molar-refractivity contribution in [3.05, 3.63) is 161 Å². The van der Waals surface area contributed by atoms with Crippen LogP contribution >= 0.6 is 34.5 Å². The maximum Gasteiger partial charge on any atom is 0.271 e. The molecular weight excluding hydrogens is 601 g/mol. The molecule has 0 saturated heterocycles. The highest BCUT2D eigenvalue weighted by atomic mass is 35.5. The zero-order valence-corrected chi connectivity index (χ0v) is 25.3. The number of nitrogens with one attached hydrogen (secondary N) is 1. The van der Waals surface area contributed by atoms with Crippen molar-refractivity contribution in [2.75, 3.05) is 5.32 Å². The van der Waals surface area contributed by atoms with Gasteiger partial charge in [-0.1, -0.05) is 89.1 Å². The smallest absolute Gasteiger partial charge is 0.271 e. The Morgan fingerprint density at radius 1 is 0.953 bits per heavy atom. The minimum atomic E-state index is -0.679. The number of carbonyl (C=O) groups is 1. The van der Waals surface area contributed by atoms with Crippen molar-refractivity contribution in [2.45, 2.75) is 19.6 Å². The number of amides is 1. The van der Waals surface area contributed by atoms with Gasteiger partial charge in [-0.25, -0.2) is 4.99 Å². The van der Waals surface area contributed by atoms with Crippen LogP contribution in [0.2, 0.25) is 10.0 Å². The predicted octanol–water partition coefficient (Wildman–Crippen LogP) is 6.76. The minimum absolute atomic E-state index is 0.234. The highest BCUT2D eigenvalue weighted by molar-refractivity contribution is 7.07. The highest BCUT2D eigenvalue weighted by Gasteiger charge is 2.32. The van der Waals surface area contributed by atoms with Crippen LogP contribution in [0, 0.1) is 0 Å². The van der Waals surface area contributed by atoms with Gasteiger partial charge in [-0.05, 0) is 78.2 Å². The SMILES string of the molecule is CC1=C(C(=O)Nc2ccccc2)[C@H](c2ccc(Cl)cc2)n2c(s/c(=C\c3ccc(OCc4cccc(Cl)c4)cc3)c2=O)=N1. The number of thiazole rings is 1. The number of hydrogen-bond donors (Lipinski definition) is 1. The van der Waals surface area contributed by atoms with Gasteiger partial charge in [0.1, 0.15) is 12.4 Å². The van der Waals surface area contributed by atoms with Crippen molar-refractivity contribution in [3.8, 4) is 5.75 Å². The molecule has 1 atom stereocenters. The lowest BCUT2D eigenvalue weighted by Crippen LogP contribution is -2.40. The van der Waals surface area contributed by atoms with E-state index in [2.05, 4.69) is 5.32 Å². The number of ether oxygens (including phenoxy) is 1. The van der Waals surface area contributed by atoms with Crippen LogP contribution in [0.3, 0.4) is 0 Å². The third kappa shape index (κ3) is 6.34. The molecule has 5 aromatic rings. The van der Waals surface area contributed by atoms with E-state index in [1.54, 1.807) is 23.6 Å². The first-order valence-corrected chi connectivity index (χ1v) is 15.0. The number of anilines is 1. The van der Waals surface area contributed by atoms with Gasteiger partial charge in [-0.2, -0.15) is 0 Å². The number of nitrogens with zero attached hydrogens (tertiary/aromatic N) is 2. The van der Waals surface area contributed by atoms with Crippen LogP contribution in [0.1, 0.15) is 29.7 Å². The molecule has 214 valence electrons. The van der Waals surface area contributed by atoms with Crippen molar-refractivity contribution in [3.63, 3.8) is 0 Å². The van der Waals surface area contributed by atoms with Gasteiger partial charge in [0.2, 0.25) is 0 Å². The quantitative estimate of drug-likeness (QED) is 0.217. The number of allylic oxidation sites excluding steroid dienone is 1. The van der Waals surface area contributed by atoms with Crippen LogP contribution < -0.4 is 24.9 Å². The first kappa shape index (κ1) is 28.7. The molecule has 0 aliphatic carbocycles. The molecule has 0 saturated carbocycles. The van der Waals surface area contributed by atoms with E-state index in [0.717, 1.165) is 16.7 Å². The number of carbonyl (C=O) groups excluding carboxylic acids is 1. The standard InChI is InChI=1S/C34H25Cl2N3O3S/c1-21-30(32(40)38-27-8-3-2-4-9-27)31(24-12-14-25(35)15-13-24)39-33(41)29(43-34(39)37-21)19-22-10-16-28(17-11-22)42-20-23-6-5-7-26(36)18-23/h2-19,31H,20H2,1H3,(H,38,40)/b29-19-/t31-/m0/s1. The van der Waals surface area contributed by atoms with Crippen molar-refractivity contribution < 1.29 is 9.53 Å². The molecule has 2 heterocycles. The second kappa shape index (κ2) is 12.4. The average molecular weight is 627 g/mol. The van der Waals surface area contributed by atoms with E-state index in [1.807, 2.05) is 97.1 Å². The molecule has 43 heavy (non-hydrogen) atoms. The molecule has 1 aromatic heterocycles. The highest BCUT2D eigenvalue weighted by Crippen LogP contribution is 2.31. The molecule has 0 spiro atoms. The van der Waals surface area contributed by atoms with E-state index in [4.69, 9.17) is 32.9 Å². The van der Waals surface area contributed by atoms with Crippen LogP contribution in [0.5, 0.6) is 5.75 Å². The minimum Gasteiger partial charge on any atom is -0.489 e. The average Bonchev–Trinajstić information content (AvgIpc) is 3.31. The van der Waals surface area contributed by atoms with Crippen molar-refractivity contribution in [1.29, 1.82) is 0 Å². The van der Waals surface area contributed by atoms with Crippen LogP contribution in [0.15, 0.2) is 124 Å². The number of benzene rings is 4. The molecule has 6 nitrogen and oxygen atoms in total. The second-order valence-electron chi connectivity index (χ2n) is 9.94. The van der Waals surface area contributed by atoms with Gasteiger partial charge >= 0.3 is 0 Å². The topological polar surface area (TPSA) is 72.7 Å². The summed E-state index contributed by atoms with van der Waals surface area (Å²) in [5, 5.41) is 4.18. The Kier molecular flexibility index (Phi) is 8.29. The lowest BCUT2D eigenvalue weighted by molar-refractivity contribution is -0.113. The lowest BCUT2D eigenvalue weighted by atomic mass is 9.95. The lowest BCUT2D eigenvalue weighted by Gasteiger charge is -2.25. The Morgan fingerprint density at radius 2 is 1.70 bits per heavy atom. The molecule has 4 aromatic carbocycles. The number of para-hydroxylation sites is 1. The number of rotatable bonds is 7. The fraction of sp³-hybridized carbons (Fsp3) is 0.0882. The summed E-state index contributed by atoms with van der Waals surface area (Å²) in [4.78, 5) is 32.8. The summed E-state index contributed by atoms with van der Waals surface area (Å²) in [5.41, 5.74) is 3.92. The monoisotopic (exact) mass is 625 g/mol. The molecule has 0 fully saturated rings. The van der Waals surface area contributed by atoms with E-state index < -0.39 is 6.04 Å². The number of hydrogen-bond acceptors (Lipinski definition) is 5. The molecule has 1 amide bonds. The summed E-state index contributed by atoms with van der Waals surface area (Å²) in [5.74, 6) is 0.376. The van der Waals surface area contributed by atoms with Crippen LogP contribution in [-0.2, 0) is 11.4 Å². The fourth-order valence-electron chi connectivity index (χ4n) is 4.90. The molecule has 9 heteroatoms. The molecule has 0 radical (unpaired) electrons. The fourth-order valence-corrected chi connectivity index (χ4v) is 6.28. The van der Waals surface area contributed by atoms with Gasteiger partial charge in [-0.3, -0.25) is 14.2 Å². The van der Waals surface area contributed by atoms with Crippen molar-refractivity contribution in [2.24, 2.45) is 4.99 Å². The molecular formula is C34H25Cl2N3O3S. The maximum atomic E-state index is 13.9. The number of aromatic nitrogens is 1. The summed E-state index contributed by atoms with van der Waals surface area (Å²) in [6.07, 6.45) is 1.83. The Hall–Kier alpha value is -4.43. The van der Waals surface area contributed by atoms with Crippen LogP contribution in [0.25, 0.3) is 6.08 Å². The molecule has 0 bridgehead atoms. The zero-order valence-electron chi connectivity index (χ0n) is 23.0. The summed E-state index contributed by atoms with van der Waals surface area (Å²) in [7, 11) is 0. The normalized spacial score (nSPS) is 14.7. The van der Waals surface area contributed by atoms with Gasteiger partial charge in [0.05, 0.1) is 21.8 Å². The first-order chi connectivity index (χ1) is 20.9. The number of halogens is 2. The molecule has 1 N–H and O–H groups in total. The van der Waals surface area contributed by atoms with E-state index in [-0.39, 0.29) is 11.5 Å². The van der Waals surface area contributed by atoms with E-state index >= 15 is 0 Å². The van der Waals surface area contributed by atoms with Gasteiger partial charge < -0.3 is 10.1 Å². The number of fused-ring (bicyclic) bond motifs is 1. The zero-order chi connectivity index (χ0) is 29.9. The largest absolute Gasteiger partial charge is 0.489 e. The Labute approximate surface area is 261 Å². The van der Waals surface area contributed by atoms with Crippen LogP contribution in [-0.4, -0.2) is 10.5 Å².